The van der Waals surface area contributed by atoms with E-state index in [1.165, 1.54) is 18.7 Å². The number of hydrogen-bond donors (Lipinski definition) is 0. The van der Waals surface area contributed by atoms with E-state index in [1.54, 1.807) is 16.5 Å². The van der Waals surface area contributed by atoms with Gasteiger partial charge >= 0.3 is 0 Å². The summed E-state index contributed by atoms with van der Waals surface area (Å²) in [6.07, 6.45) is 4.05. The van der Waals surface area contributed by atoms with Crippen LogP contribution in [0.15, 0.2) is 0 Å². The molecule has 0 unspecified atom stereocenters. The summed E-state index contributed by atoms with van der Waals surface area (Å²) >= 11 is 0. The maximum atomic E-state index is 2.23. The van der Waals surface area contributed by atoms with Crippen molar-refractivity contribution in [2.75, 3.05) is 12.3 Å². The predicted octanol–water partition coefficient (Wildman–Crippen LogP) is 3.22. The smallest absolute Gasteiger partial charge is 0.0244 e. The third kappa shape index (κ3) is 6.86. The van der Waals surface area contributed by atoms with Crippen LogP contribution in [0.25, 0.3) is 0 Å². The van der Waals surface area contributed by atoms with Crippen LogP contribution >= 0.6 is 16.5 Å². The Morgan fingerprint density at radius 3 is 2.29 bits per heavy atom. The monoisotopic (exact) mass is 134 g/mol. The molecule has 0 aliphatic heterocycles. The van der Waals surface area contributed by atoms with E-state index in [9.17, 15) is 0 Å². The zero-order valence-electron chi connectivity index (χ0n) is 5.02. The summed E-state index contributed by atoms with van der Waals surface area (Å²) < 4.78 is 0. The highest BCUT2D eigenvalue weighted by Gasteiger charge is 1.81. The molecular formula is C5H12P2. The largest absolute Gasteiger partial charge is 0.0650 e. The Hall–Kier alpha value is 0.860. The Kier molecular flexibility index (Phi) is 7.70. The highest BCUT2D eigenvalue weighted by molar-refractivity contribution is 8.11. The lowest BCUT2D eigenvalue weighted by Crippen LogP contribution is -1.62. The third-order valence-corrected chi connectivity index (χ3v) is 3.74. The summed E-state index contributed by atoms with van der Waals surface area (Å²) in [5.41, 5.74) is 0. The van der Waals surface area contributed by atoms with Crippen LogP contribution in [0.2, 0.25) is 0 Å². The first-order valence-electron chi connectivity index (χ1n) is 2.75. The summed E-state index contributed by atoms with van der Waals surface area (Å²) in [7, 11) is 3.21. The van der Waals surface area contributed by atoms with Crippen molar-refractivity contribution in [2.24, 2.45) is 0 Å². The molecule has 0 saturated carbocycles. The van der Waals surface area contributed by atoms with Crippen molar-refractivity contribution in [3.8, 4) is 0 Å². The fourth-order valence-electron chi connectivity index (χ4n) is 0.271. The molecule has 0 nitrogen and oxygen atoms in total. The van der Waals surface area contributed by atoms with Crippen molar-refractivity contribution < 1.29 is 0 Å². The minimum absolute atomic E-state index is 1.32. The van der Waals surface area contributed by atoms with Crippen LogP contribution in [0, 0.1) is 0 Å². The molecule has 2 radical (unpaired) electrons. The van der Waals surface area contributed by atoms with Gasteiger partial charge in [0.1, 0.15) is 0 Å². The minimum atomic E-state index is 1.32. The summed E-state index contributed by atoms with van der Waals surface area (Å²) in [6, 6.07) is 0. The van der Waals surface area contributed by atoms with Gasteiger partial charge in [0.2, 0.25) is 0 Å². The van der Waals surface area contributed by atoms with E-state index >= 15 is 0 Å². The van der Waals surface area contributed by atoms with Gasteiger partial charge in [0.25, 0.3) is 0 Å². The Labute approximate surface area is 49.9 Å². The molecule has 0 amide bonds. The quantitative estimate of drug-likeness (QED) is 0.409. The first-order valence-corrected chi connectivity index (χ1v) is 5.61. The van der Waals surface area contributed by atoms with Gasteiger partial charge in [-0.3, -0.25) is 0 Å². The normalized spacial score (nSPS) is 12.9. The molecule has 0 aliphatic carbocycles. The standard InChI is InChI=1S/C5H12P2/c1-3-5-7-6-4-2/h3-5H2,1-2H3. The fourth-order valence-corrected chi connectivity index (χ4v) is 2.44. The second kappa shape index (κ2) is 6.86. The van der Waals surface area contributed by atoms with Crippen LogP contribution in [-0.2, 0) is 0 Å². The molecule has 7 heavy (non-hydrogen) atoms. The molecule has 0 aromatic carbocycles. The van der Waals surface area contributed by atoms with Crippen LogP contribution < -0.4 is 0 Å². The van der Waals surface area contributed by atoms with Crippen molar-refractivity contribution in [3.05, 3.63) is 0 Å². The highest BCUT2D eigenvalue weighted by Crippen LogP contribution is 2.35. The molecule has 0 saturated heterocycles. The maximum Gasteiger partial charge on any atom is -0.0244 e. The molecule has 0 fully saturated rings. The lowest BCUT2D eigenvalue weighted by molar-refractivity contribution is 1.11. The summed E-state index contributed by atoms with van der Waals surface area (Å²) in [5.74, 6) is 0. The van der Waals surface area contributed by atoms with Gasteiger partial charge in [0.15, 0.2) is 0 Å². The van der Waals surface area contributed by atoms with Crippen LogP contribution in [0.3, 0.4) is 0 Å². The molecule has 0 aromatic heterocycles. The average Bonchev–Trinajstić information content (AvgIpc) is 1.69. The summed E-state index contributed by atoms with van der Waals surface area (Å²) in [6.45, 7) is 4.46. The zero-order chi connectivity index (χ0) is 5.54. The van der Waals surface area contributed by atoms with Gasteiger partial charge in [-0.25, -0.2) is 0 Å². The van der Waals surface area contributed by atoms with Crippen molar-refractivity contribution in [3.63, 3.8) is 0 Å². The van der Waals surface area contributed by atoms with E-state index in [1.807, 2.05) is 0 Å². The maximum absolute atomic E-state index is 2.23. The predicted molar refractivity (Wildman–Crippen MR) is 39.5 cm³/mol. The lowest BCUT2D eigenvalue weighted by atomic mass is 10.6. The zero-order valence-corrected chi connectivity index (χ0v) is 6.80. The van der Waals surface area contributed by atoms with Crippen molar-refractivity contribution >= 4 is 16.5 Å². The van der Waals surface area contributed by atoms with E-state index < -0.39 is 0 Å². The topological polar surface area (TPSA) is 0 Å². The van der Waals surface area contributed by atoms with E-state index in [0.717, 1.165) is 0 Å². The molecule has 42 valence electrons. The third-order valence-electron chi connectivity index (χ3n) is 0.565. The molecule has 0 heterocycles. The van der Waals surface area contributed by atoms with Gasteiger partial charge in [-0.2, -0.15) is 0 Å². The highest BCUT2D eigenvalue weighted by atomic mass is 32.0. The first-order chi connectivity index (χ1) is 3.41. The average molecular weight is 134 g/mol. The summed E-state index contributed by atoms with van der Waals surface area (Å²) in [5, 5.41) is 0. The molecular weight excluding hydrogens is 122 g/mol. The number of hydrogen-bond acceptors (Lipinski definition) is 0. The van der Waals surface area contributed by atoms with Gasteiger partial charge in [-0.15, -0.1) is 0 Å². The van der Waals surface area contributed by atoms with Gasteiger partial charge in [0.05, 0.1) is 0 Å². The van der Waals surface area contributed by atoms with Gasteiger partial charge in [0, 0.05) is 0 Å². The van der Waals surface area contributed by atoms with Crippen LogP contribution in [0.1, 0.15) is 20.3 Å². The van der Waals surface area contributed by atoms with Crippen molar-refractivity contribution in [1.82, 2.24) is 0 Å². The number of rotatable bonds is 4. The van der Waals surface area contributed by atoms with Gasteiger partial charge < -0.3 is 0 Å². The summed E-state index contributed by atoms with van der Waals surface area (Å²) in [4.78, 5) is 0. The lowest BCUT2D eigenvalue weighted by Gasteiger charge is -1.89. The molecule has 2 heteroatoms. The minimum Gasteiger partial charge on any atom is -0.0650 e. The molecule has 0 bridgehead atoms. The molecule has 0 aliphatic rings. The fraction of sp³-hybridized carbons (Fsp3) is 1.00. The molecule has 0 N–H and O–H groups in total. The van der Waals surface area contributed by atoms with Crippen molar-refractivity contribution in [1.29, 1.82) is 0 Å². The molecule has 0 aromatic rings. The van der Waals surface area contributed by atoms with Crippen molar-refractivity contribution in [2.45, 2.75) is 20.3 Å². The molecule has 0 rings (SSSR count). The second-order valence-electron chi connectivity index (χ2n) is 1.32. The Bertz CT molecular complexity index is 25.3. The molecule has 0 spiro atoms. The van der Waals surface area contributed by atoms with Crippen LogP contribution in [-0.4, -0.2) is 12.3 Å². The second-order valence-corrected chi connectivity index (χ2v) is 4.67. The van der Waals surface area contributed by atoms with Crippen LogP contribution in [0.5, 0.6) is 0 Å². The van der Waals surface area contributed by atoms with E-state index in [2.05, 4.69) is 13.8 Å². The van der Waals surface area contributed by atoms with Crippen LogP contribution in [0.4, 0.5) is 0 Å². The SMILES string of the molecule is CCC[P][P]CC. The van der Waals surface area contributed by atoms with E-state index in [4.69, 9.17) is 0 Å². The van der Waals surface area contributed by atoms with E-state index in [0.29, 0.717) is 0 Å². The Morgan fingerprint density at radius 2 is 1.86 bits per heavy atom. The van der Waals surface area contributed by atoms with Gasteiger partial charge in [-0.1, -0.05) is 20.3 Å². The molecule has 0 atom stereocenters. The Balaban J connectivity index is 2.45. The first kappa shape index (κ1) is 7.86. The van der Waals surface area contributed by atoms with Gasteiger partial charge in [-0.05, 0) is 28.9 Å². The Morgan fingerprint density at radius 1 is 1.14 bits per heavy atom. The van der Waals surface area contributed by atoms with E-state index in [-0.39, 0.29) is 0 Å².